The van der Waals surface area contributed by atoms with Gasteiger partial charge in [-0.3, -0.25) is 4.79 Å². The highest BCUT2D eigenvalue weighted by Gasteiger charge is 2.13. The van der Waals surface area contributed by atoms with Crippen LogP contribution in [-0.2, 0) is 6.54 Å². The Kier molecular flexibility index (Phi) is 4.19. The van der Waals surface area contributed by atoms with E-state index < -0.39 is 17.5 Å². The van der Waals surface area contributed by atoms with Gasteiger partial charge in [-0.15, -0.1) is 0 Å². The van der Waals surface area contributed by atoms with Crippen LogP contribution in [0.15, 0.2) is 66.9 Å². The summed E-state index contributed by atoms with van der Waals surface area (Å²) in [6.45, 7) is 0.530. The molecule has 0 saturated heterocycles. The highest BCUT2D eigenvalue weighted by Crippen LogP contribution is 2.17. The zero-order valence-electron chi connectivity index (χ0n) is 12.2. The Hall–Kier alpha value is -2.95. The van der Waals surface area contributed by atoms with Crippen LogP contribution in [0.1, 0.15) is 16.1 Å². The average Bonchev–Trinajstić information content (AvgIpc) is 2.99. The van der Waals surface area contributed by atoms with Crippen molar-refractivity contribution in [2.24, 2.45) is 0 Å². The molecule has 2 aromatic carbocycles. The lowest BCUT2D eigenvalue weighted by Gasteiger charge is -2.10. The van der Waals surface area contributed by atoms with Gasteiger partial charge in [0.1, 0.15) is 17.3 Å². The van der Waals surface area contributed by atoms with Gasteiger partial charge in [0.2, 0.25) is 0 Å². The summed E-state index contributed by atoms with van der Waals surface area (Å²) in [5.41, 5.74) is 1.40. The molecule has 0 atom stereocenters. The summed E-state index contributed by atoms with van der Waals surface area (Å²) in [6, 6.07) is 16.1. The number of carbonyl (C=O) groups is 1. The fourth-order valence-electron chi connectivity index (χ4n) is 2.32. The first-order chi connectivity index (χ1) is 11.1. The topological polar surface area (TPSA) is 34.0 Å². The normalized spacial score (nSPS) is 10.5. The second-order valence-electron chi connectivity index (χ2n) is 5.09. The van der Waals surface area contributed by atoms with Crippen molar-refractivity contribution in [2.45, 2.75) is 6.54 Å². The molecule has 3 aromatic rings. The molecule has 0 aliphatic rings. The van der Waals surface area contributed by atoms with Crippen LogP contribution in [0.4, 0.5) is 14.5 Å². The highest BCUT2D eigenvalue weighted by atomic mass is 19.1. The zero-order valence-corrected chi connectivity index (χ0v) is 12.2. The van der Waals surface area contributed by atoms with Gasteiger partial charge in [0, 0.05) is 18.8 Å². The molecule has 1 N–H and O–H groups in total. The molecule has 1 heterocycles. The van der Waals surface area contributed by atoms with Crippen molar-refractivity contribution < 1.29 is 13.6 Å². The number of nitrogens with zero attached hydrogens (tertiary/aromatic N) is 1. The van der Waals surface area contributed by atoms with Crippen molar-refractivity contribution >= 4 is 11.6 Å². The third-order valence-electron chi connectivity index (χ3n) is 3.44. The number of rotatable bonds is 4. The van der Waals surface area contributed by atoms with Crippen LogP contribution >= 0.6 is 0 Å². The van der Waals surface area contributed by atoms with Gasteiger partial charge in [0.15, 0.2) is 0 Å². The largest absolute Gasteiger partial charge is 0.339 e. The van der Waals surface area contributed by atoms with Crippen LogP contribution in [0.5, 0.6) is 0 Å². The van der Waals surface area contributed by atoms with Gasteiger partial charge in [-0.05, 0) is 29.8 Å². The number of anilines is 1. The fourth-order valence-corrected chi connectivity index (χ4v) is 2.32. The molecular weight excluding hydrogens is 298 g/mol. The Balaban J connectivity index is 1.79. The van der Waals surface area contributed by atoms with E-state index in [0.717, 1.165) is 17.7 Å². The molecule has 3 nitrogen and oxygen atoms in total. The van der Waals surface area contributed by atoms with E-state index in [1.807, 2.05) is 30.3 Å². The summed E-state index contributed by atoms with van der Waals surface area (Å²) in [7, 11) is 0. The summed E-state index contributed by atoms with van der Waals surface area (Å²) in [5, 5.41) is 2.46. The molecule has 0 spiro atoms. The van der Waals surface area contributed by atoms with Crippen LogP contribution in [0, 0.1) is 11.6 Å². The Morgan fingerprint density at radius 1 is 1.00 bits per heavy atom. The second kappa shape index (κ2) is 6.44. The Morgan fingerprint density at radius 3 is 2.52 bits per heavy atom. The lowest BCUT2D eigenvalue weighted by molar-refractivity contribution is 0.101. The van der Waals surface area contributed by atoms with Crippen LogP contribution in [-0.4, -0.2) is 10.5 Å². The molecular formula is C18H14F2N2O. The third kappa shape index (κ3) is 3.45. The summed E-state index contributed by atoms with van der Waals surface area (Å²) < 4.78 is 28.3. The maximum atomic E-state index is 13.6. The number of nitrogens with one attached hydrogen (secondary N) is 1. The van der Waals surface area contributed by atoms with Gasteiger partial charge in [-0.1, -0.05) is 30.3 Å². The predicted molar refractivity (Wildman–Crippen MR) is 84.3 cm³/mol. The van der Waals surface area contributed by atoms with Crippen molar-refractivity contribution in [1.82, 2.24) is 4.57 Å². The van der Waals surface area contributed by atoms with E-state index in [0.29, 0.717) is 12.2 Å². The minimum Gasteiger partial charge on any atom is -0.339 e. The van der Waals surface area contributed by atoms with Gasteiger partial charge in [-0.25, -0.2) is 8.78 Å². The minimum absolute atomic E-state index is 0.0520. The van der Waals surface area contributed by atoms with E-state index in [9.17, 15) is 13.6 Å². The van der Waals surface area contributed by atoms with Crippen molar-refractivity contribution in [3.05, 3.63) is 89.8 Å². The minimum atomic E-state index is -0.806. The predicted octanol–water partition coefficient (Wildman–Crippen LogP) is 4.07. The van der Waals surface area contributed by atoms with E-state index in [4.69, 9.17) is 0 Å². The monoisotopic (exact) mass is 312 g/mol. The molecule has 116 valence electrons. The first-order valence-electron chi connectivity index (χ1n) is 7.09. The maximum absolute atomic E-state index is 13.6. The summed E-state index contributed by atoms with van der Waals surface area (Å²) >= 11 is 0. The quantitative estimate of drug-likeness (QED) is 0.774. The van der Waals surface area contributed by atoms with Gasteiger partial charge < -0.3 is 9.88 Å². The summed E-state index contributed by atoms with van der Waals surface area (Å²) in [6.07, 6.45) is 1.78. The molecule has 0 radical (unpaired) electrons. The number of benzene rings is 2. The van der Waals surface area contributed by atoms with Gasteiger partial charge in [0.05, 0.1) is 5.69 Å². The molecule has 0 bridgehead atoms. The number of halogens is 2. The molecule has 0 unspecified atom stereocenters. The molecule has 0 aliphatic carbocycles. The van der Waals surface area contributed by atoms with E-state index in [1.165, 1.54) is 6.07 Å². The van der Waals surface area contributed by atoms with Crippen LogP contribution in [0.3, 0.4) is 0 Å². The summed E-state index contributed by atoms with van der Waals surface area (Å²) in [4.78, 5) is 12.3. The van der Waals surface area contributed by atoms with Crippen LogP contribution in [0.2, 0.25) is 0 Å². The first-order valence-corrected chi connectivity index (χ1v) is 7.09. The fraction of sp³-hybridized carbons (Fsp3) is 0.0556. The van der Waals surface area contributed by atoms with Crippen molar-refractivity contribution in [3.8, 4) is 0 Å². The molecule has 0 fully saturated rings. The van der Waals surface area contributed by atoms with Gasteiger partial charge in [0.25, 0.3) is 5.91 Å². The molecule has 1 amide bonds. The molecule has 5 heteroatoms. The number of hydrogen-bond acceptors (Lipinski definition) is 1. The number of aromatic nitrogens is 1. The first kappa shape index (κ1) is 15.0. The molecule has 0 saturated carbocycles. The van der Waals surface area contributed by atoms with Crippen molar-refractivity contribution in [2.75, 3.05) is 5.32 Å². The lowest BCUT2D eigenvalue weighted by Crippen LogP contribution is -2.18. The average molecular weight is 312 g/mol. The van der Waals surface area contributed by atoms with E-state index in [1.54, 1.807) is 22.9 Å². The highest BCUT2D eigenvalue weighted by molar-refractivity contribution is 6.03. The molecule has 1 aromatic heterocycles. The van der Waals surface area contributed by atoms with Gasteiger partial charge in [-0.2, -0.15) is 0 Å². The smallest absolute Gasteiger partial charge is 0.272 e. The van der Waals surface area contributed by atoms with Crippen LogP contribution in [0.25, 0.3) is 0 Å². The van der Waals surface area contributed by atoms with Crippen molar-refractivity contribution in [3.63, 3.8) is 0 Å². The molecule has 3 rings (SSSR count). The number of carbonyl (C=O) groups excluding carboxylic acids is 1. The zero-order chi connectivity index (χ0) is 16.2. The Bertz CT molecular complexity index is 828. The number of amides is 1. The van der Waals surface area contributed by atoms with Crippen molar-refractivity contribution in [1.29, 1.82) is 0 Å². The lowest BCUT2D eigenvalue weighted by atomic mass is 10.2. The standard InChI is InChI=1S/C18H14F2N2O/c19-14-8-9-16(15(20)11-14)21-18(23)17-7-4-10-22(17)12-13-5-2-1-3-6-13/h1-11H,12H2,(H,21,23). The van der Waals surface area contributed by atoms with Gasteiger partial charge >= 0.3 is 0 Å². The second-order valence-corrected chi connectivity index (χ2v) is 5.09. The van der Waals surface area contributed by atoms with E-state index in [-0.39, 0.29) is 5.69 Å². The van der Waals surface area contributed by atoms with E-state index in [2.05, 4.69) is 5.32 Å². The molecule has 0 aliphatic heterocycles. The number of hydrogen-bond donors (Lipinski definition) is 1. The maximum Gasteiger partial charge on any atom is 0.272 e. The van der Waals surface area contributed by atoms with Crippen LogP contribution < -0.4 is 5.32 Å². The SMILES string of the molecule is O=C(Nc1ccc(F)cc1F)c1cccn1Cc1ccccc1. The summed E-state index contributed by atoms with van der Waals surface area (Å²) in [5.74, 6) is -1.94. The Morgan fingerprint density at radius 2 is 1.78 bits per heavy atom. The van der Waals surface area contributed by atoms with E-state index >= 15 is 0 Å². The molecule has 23 heavy (non-hydrogen) atoms. The Labute approximate surface area is 132 Å². The third-order valence-corrected chi connectivity index (χ3v) is 3.44.